The van der Waals surface area contributed by atoms with Crippen LogP contribution < -0.4 is 24.6 Å². The number of hydrogen-bond donors (Lipinski definition) is 2. The highest BCUT2D eigenvalue weighted by Gasteiger charge is 2.28. The number of aromatic nitrogens is 4. The minimum absolute atomic E-state index is 0.464. The van der Waals surface area contributed by atoms with Crippen molar-refractivity contribution in [2.45, 2.75) is 32.2 Å². The van der Waals surface area contributed by atoms with Crippen molar-refractivity contribution in [3.8, 4) is 5.75 Å². The van der Waals surface area contributed by atoms with E-state index in [1.54, 1.807) is 37.6 Å². The summed E-state index contributed by atoms with van der Waals surface area (Å²) in [5.74, 6) is 1.86. The number of anilines is 6. The Hall–Kier alpha value is -3.39. The highest BCUT2D eigenvalue weighted by atomic mass is 79.9. The lowest BCUT2D eigenvalue weighted by molar-refractivity contribution is 0.115. The van der Waals surface area contributed by atoms with Gasteiger partial charge in [0.1, 0.15) is 17.1 Å². The molecular weight excluding hydrogens is 664 g/mol. The number of hydrogen-bond acceptors (Lipinski definition) is 12. The van der Waals surface area contributed by atoms with Gasteiger partial charge in [0, 0.05) is 75.9 Å². The molecule has 2 saturated heterocycles. The Morgan fingerprint density at radius 2 is 1.76 bits per heavy atom. The monoisotopic (exact) mass is 706 g/mol. The van der Waals surface area contributed by atoms with Crippen LogP contribution in [0, 0.1) is 0 Å². The predicted molar refractivity (Wildman–Crippen MR) is 194 cm³/mol. The van der Waals surface area contributed by atoms with E-state index >= 15 is 0 Å². The third-order valence-corrected chi connectivity index (χ3v) is 10.4. The molecule has 2 N–H and O–H groups in total. The zero-order valence-electron chi connectivity index (χ0n) is 27.3. The number of ether oxygens (including phenoxy) is 1. The maximum absolute atomic E-state index is 5.91. The van der Waals surface area contributed by atoms with Crippen molar-refractivity contribution < 1.29 is 4.74 Å². The molecule has 0 amide bonds. The van der Waals surface area contributed by atoms with Gasteiger partial charge in [-0.2, -0.15) is 4.98 Å². The first-order chi connectivity index (χ1) is 22.4. The quantitative estimate of drug-likeness (QED) is 0.185. The summed E-state index contributed by atoms with van der Waals surface area (Å²) >= 11 is 5.24. The smallest absolute Gasteiger partial charge is 0.229 e. The Morgan fingerprint density at radius 1 is 1.00 bits per heavy atom. The number of fused-ring (bicyclic) bond motifs is 1. The summed E-state index contributed by atoms with van der Waals surface area (Å²) < 4.78 is 8.73. The lowest BCUT2D eigenvalue weighted by Crippen LogP contribution is -2.53. The average molecular weight is 708 g/mol. The molecule has 4 aromatic rings. The molecule has 0 atom stereocenters. The summed E-state index contributed by atoms with van der Waals surface area (Å²) in [6.45, 7) is 8.85. The van der Waals surface area contributed by atoms with Gasteiger partial charge < -0.3 is 29.5 Å². The van der Waals surface area contributed by atoms with E-state index in [-0.39, 0.29) is 0 Å². The minimum atomic E-state index is 0.464. The molecular formula is C33H43BrN10OS. The lowest BCUT2D eigenvalue weighted by atomic mass is 10.0. The Morgan fingerprint density at radius 3 is 2.48 bits per heavy atom. The number of rotatable bonds is 10. The van der Waals surface area contributed by atoms with Crippen molar-refractivity contribution in [2.75, 3.05) is 86.6 Å². The van der Waals surface area contributed by atoms with Gasteiger partial charge in [-0.05, 0) is 79.1 Å². The van der Waals surface area contributed by atoms with Crippen LogP contribution in [-0.2, 0) is 6.42 Å². The number of halogens is 1. The van der Waals surface area contributed by atoms with Crippen LogP contribution in [-0.4, -0.2) is 103 Å². The molecule has 2 aromatic carbocycles. The van der Waals surface area contributed by atoms with Crippen LogP contribution in [0.15, 0.2) is 47.3 Å². The lowest BCUT2D eigenvalue weighted by Gasteiger charge is -2.43. The van der Waals surface area contributed by atoms with Crippen LogP contribution in [0.1, 0.15) is 25.3 Å². The second-order valence-corrected chi connectivity index (χ2v) is 13.6. The molecule has 0 radical (unpaired) electrons. The van der Waals surface area contributed by atoms with Crippen molar-refractivity contribution in [3.05, 3.63) is 52.9 Å². The topological polar surface area (TPSA) is 97.8 Å². The summed E-state index contributed by atoms with van der Waals surface area (Å²) in [5, 5.41) is 6.94. The van der Waals surface area contributed by atoms with E-state index in [4.69, 9.17) is 9.72 Å². The fraction of sp³-hybridized carbons (Fsp3) is 0.455. The average Bonchev–Trinajstić information content (AvgIpc) is 3.09. The van der Waals surface area contributed by atoms with Gasteiger partial charge in [-0.25, -0.2) is 4.98 Å². The molecule has 2 aliphatic heterocycles. The van der Waals surface area contributed by atoms with Crippen LogP contribution in [0.3, 0.4) is 0 Å². The number of piperidine rings is 1. The molecule has 2 aromatic heterocycles. The third-order valence-electron chi connectivity index (χ3n) is 9.09. The molecule has 11 nitrogen and oxygen atoms in total. The van der Waals surface area contributed by atoms with E-state index in [1.807, 2.05) is 25.4 Å². The summed E-state index contributed by atoms with van der Waals surface area (Å²) in [6, 6.07) is 9.03. The zero-order valence-corrected chi connectivity index (χ0v) is 29.7. The molecule has 0 unspecified atom stereocenters. The van der Waals surface area contributed by atoms with Gasteiger partial charge in [0.2, 0.25) is 5.95 Å². The van der Waals surface area contributed by atoms with Gasteiger partial charge in [0.15, 0.2) is 0 Å². The van der Waals surface area contributed by atoms with Gasteiger partial charge in [-0.15, -0.1) is 0 Å². The van der Waals surface area contributed by atoms with Crippen LogP contribution in [0.2, 0.25) is 0 Å². The van der Waals surface area contributed by atoms with E-state index < -0.39 is 0 Å². The second kappa shape index (κ2) is 14.6. The highest BCUT2D eigenvalue weighted by molar-refractivity contribution is 9.10. The van der Waals surface area contributed by atoms with Crippen LogP contribution in [0.25, 0.3) is 11.0 Å². The summed E-state index contributed by atoms with van der Waals surface area (Å²) in [4.78, 5) is 26.2. The van der Waals surface area contributed by atoms with Gasteiger partial charge in [-0.3, -0.25) is 14.9 Å². The van der Waals surface area contributed by atoms with Crippen molar-refractivity contribution in [1.29, 1.82) is 0 Å². The Bertz CT molecular complexity index is 1660. The second-order valence-electron chi connectivity index (χ2n) is 11.8. The molecule has 4 heterocycles. The molecule has 0 saturated carbocycles. The number of benzene rings is 2. The molecule has 0 aliphatic carbocycles. The van der Waals surface area contributed by atoms with Crippen molar-refractivity contribution in [2.24, 2.45) is 0 Å². The largest absolute Gasteiger partial charge is 0.494 e. The molecule has 0 spiro atoms. The van der Waals surface area contributed by atoms with Gasteiger partial charge in [0.25, 0.3) is 0 Å². The van der Waals surface area contributed by atoms with Crippen LogP contribution in [0.5, 0.6) is 5.75 Å². The minimum Gasteiger partial charge on any atom is -0.494 e. The van der Waals surface area contributed by atoms with Gasteiger partial charge in [0.05, 0.1) is 34.2 Å². The first kappa shape index (κ1) is 32.5. The molecule has 0 bridgehead atoms. The van der Waals surface area contributed by atoms with E-state index in [0.717, 1.165) is 70.9 Å². The first-order valence-electron chi connectivity index (χ1n) is 15.8. The van der Waals surface area contributed by atoms with Crippen LogP contribution in [0.4, 0.5) is 34.5 Å². The number of methoxy groups -OCH3 is 1. The van der Waals surface area contributed by atoms with Crippen molar-refractivity contribution in [3.63, 3.8) is 0 Å². The highest BCUT2D eigenvalue weighted by Crippen LogP contribution is 2.39. The number of nitrogens with one attached hydrogen (secondary N) is 2. The molecule has 13 heteroatoms. The third kappa shape index (κ3) is 6.97. The fourth-order valence-corrected chi connectivity index (χ4v) is 7.10. The zero-order chi connectivity index (χ0) is 32.2. The van der Waals surface area contributed by atoms with Crippen molar-refractivity contribution >= 4 is 73.4 Å². The maximum Gasteiger partial charge on any atom is 0.229 e. The summed E-state index contributed by atoms with van der Waals surface area (Å²) in [7, 11) is 5.96. The van der Waals surface area contributed by atoms with Crippen LogP contribution >= 0.6 is 27.9 Å². The number of likely N-dealkylation sites (tertiary alicyclic amines) is 1. The Balaban J connectivity index is 1.22. The summed E-state index contributed by atoms with van der Waals surface area (Å²) in [5.41, 5.74) is 6.79. The standard InChI is InChI=1S/C33H43BrN10OS/c1-6-22-19-27(29(45-4)20-28(22)44-17-15-43(16-18-44)23-9-13-41(2)14-10-23)39-33-37-21-24(34)32(40-33)38-26-8-7-25-30(36-12-11-35-25)31(26)42(3)46-5/h7-8,11-12,19-21,23H,6,9-10,13-18H2,1-5H3,(H2,37,38,39,40). The molecule has 46 heavy (non-hydrogen) atoms. The SMILES string of the molecule is CCc1cc(Nc2ncc(Br)c(Nc3ccc4nccnc4c3N(C)SC)n2)c(OC)cc1N1CCN(C2CCN(C)CC2)CC1. The van der Waals surface area contributed by atoms with E-state index in [1.165, 1.54) is 37.2 Å². The van der Waals surface area contributed by atoms with E-state index in [0.29, 0.717) is 17.8 Å². The summed E-state index contributed by atoms with van der Waals surface area (Å²) in [6.07, 6.45) is 10.7. The number of nitrogens with zero attached hydrogens (tertiary/aromatic N) is 8. The number of piperazine rings is 1. The van der Waals surface area contributed by atoms with Crippen molar-refractivity contribution in [1.82, 2.24) is 29.7 Å². The number of aryl methyl sites for hydroxylation is 1. The predicted octanol–water partition coefficient (Wildman–Crippen LogP) is 6.17. The normalized spacial score (nSPS) is 16.5. The molecule has 2 aliphatic rings. The van der Waals surface area contributed by atoms with E-state index in [9.17, 15) is 0 Å². The Labute approximate surface area is 284 Å². The molecule has 6 rings (SSSR count). The maximum atomic E-state index is 5.91. The van der Waals surface area contributed by atoms with Gasteiger partial charge in [-0.1, -0.05) is 18.9 Å². The molecule has 244 valence electrons. The van der Waals surface area contributed by atoms with Gasteiger partial charge >= 0.3 is 0 Å². The van der Waals surface area contributed by atoms with E-state index in [2.05, 4.69) is 86.6 Å². The molecule has 2 fully saturated rings. The Kier molecular flexibility index (Phi) is 10.3. The fourth-order valence-electron chi connectivity index (χ4n) is 6.44. The first-order valence-corrected chi connectivity index (χ1v) is 17.8.